The first-order chi connectivity index (χ1) is 9.84. The van der Waals surface area contributed by atoms with Gasteiger partial charge in [0.1, 0.15) is 0 Å². The first-order valence-corrected chi connectivity index (χ1v) is 6.63. The standard InChI is InChI=1S/C14H15N5S.Cu/c20-14(17-10-7-12-5-1-3-8-15-12)19-18-11-13-6-2-4-9-16-13;/h1-6,8-9,11H,7,10H2,(H2,17,19,20);/q;+2. The van der Waals surface area contributed by atoms with Crippen LogP contribution in [0.5, 0.6) is 0 Å². The number of rotatable bonds is 5. The Labute approximate surface area is 139 Å². The summed E-state index contributed by atoms with van der Waals surface area (Å²) in [5.74, 6) is 0. The van der Waals surface area contributed by atoms with E-state index in [1.807, 2.05) is 36.4 Å². The largest absolute Gasteiger partial charge is 2.00 e. The van der Waals surface area contributed by atoms with Gasteiger partial charge in [0.05, 0.1) is 11.9 Å². The smallest absolute Gasteiger partial charge is 0.361 e. The molecule has 0 unspecified atom stereocenters. The third kappa shape index (κ3) is 6.94. The third-order valence-corrected chi connectivity index (χ3v) is 2.68. The number of pyridine rings is 2. The van der Waals surface area contributed by atoms with Crippen molar-refractivity contribution in [3.8, 4) is 0 Å². The molecule has 0 atom stereocenters. The average molecular weight is 349 g/mol. The van der Waals surface area contributed by atoms with Crippen LogP contribution in [0.15, 0.2) is 53.9 Å². The molecule has 0 bridgehead atoms. The van der Waals surface area contributed by atoms with Crippen LogP contribution >= 0.6 is 12.2 Å². The predicted octanol–water partition coefficient (Wildman–Crippen LogP) is 1.51. The molecule has 1 radical (unpaired) electrons. The van der Waals surface area contributed by atoms with Crippen LogP contribution in [0.1, 0.15) is 11.4 Å². The second kappa shape index (κ2) is 9.99. The Morgan fingerprint density at radius 1 is 1.14 bits per heavy atom. The summed E-state index contributed by atoms with van der Waals surface area (Å²) in [4.78, 5) is 8.35. The molecule has 0 aliphatic carbocycles. The van der Waals surface area contributed by atoms with E-state index in [0.717, 1.165) is 17.8 Å². The Balaban J connectivity index is 0.00000220. The molecule has 2 heterocycles. The zero-order chi connectivity index (χ0) is 14.0. The van der Waals surface area contributed by atoms with Gasteiger partial charge in [0.25, 0.3) is 0 Å². The summed E-state index contributed by atoms with van der Waals surface area (Å²) >= 11 is 5.11. The van der Waals surface area contributed by atoms with Crippen LogP contribution in [-0.4, -0.2) is 27.8 Å². The van der Waals surface area contributed by atoms with Gasteiger partial charge < -0.3 is 5.32 Å². The summed E-state index contributed by atoms with van der Waals surface area (Å²) in [5, 5.41) is 7.55. The molecule has 0 fully saturated rings. The molecule has 0 saturated heterocycles. The maximum absolute atomic E-state index is 5.11. The SMILES string of the molecule is S=C(NCCc1ccccn1)NN=Cc1ccccn1.[Cu+2]. The summed E-state index contributed by atoms with van der Waals surface area (Å²) in [6.07, 6.45) is 5.92. The molecule has 2 rings (SSSR count). The van der Waals surface area contributed by atoms with Crippen LogP contribution in [0.25, 0.3) is 0 Å². The van der Waals surface area contributed by atoms with Crippen LogP contribution in [0.4, 0.5) is 0 Å². The van der Waals surface area contributed by atoms with Crippen LogP contribution in [-0.2, 0) is 23.5 Å². The van der Waals surface area contributed by atoms with Crippen LogP contribution in [0.3, 0.4) is 0 Å². The minimum Gasteiger partial charge on any atom is -0.361 e. The quantitative estimate of drug-likeness (QED) is 0.371. The summed E-state index contributed by atoms with van der Waals surface area (Å²) in [5.41, 5.74) is 4.55. The third-order valence-electron chi connectivity index (χ3n) is 2.44. The van der Waals surface area contributed by atoms with E-state index < -0.39 is 0 Å². The summed E-state index contributed by atoms with van der Waals surface area (Å²) in [6, 6.07) is 11.5. The predicted molar refractivity (Wildman–Crippen MR) is 83.5 cm³/mol. The second-order valence-corrected chi connectivity index (χ2v) is 4.36. The molecule has 2 aromatic rings. The molecular formula is C14H15CuN5S+2. The molecule has 0 spiro atoms. The van der Waals surface area contributed by atoms with E-state index in [1.54, 1.807) is 18.6 Å². The van der Waals surface area contributed by atoms with E-state index in [4.69, 9.17) is 12.2 Å². The van der Waals surface area contributed by atoms with E-state index in [2.05, 4.69) is 25.8 Å². The van der Waals surface area contributed by atoms with Gasteiger partial charge in [-0.25, -0.2) is 0 Å². The van der Waals surface area contributed by atoms with Crippen molar-refractivity contribution in [3.63, 3.8) is 0 Å². The maximum Gasteiger partial charge on any atom is 2.00 e. The summed E-state index contributed by atoms with van der Waals surface area (Å²) in [7, 11) is 0. The van der Waals surface area contributed by atoms with Crippen molar-refractivity contribution in [1.82, 2.24) is 20.7 Å². The Kier molecular flexibility index (Phi) is 8.19. The Hall–Kier alpha value is -1.82. The molecule has 2 aromatic heterocycles. The van der Waals surface area contributed by atoms with Gasteiger partial charge >= 0.3 is 17.1 Å². The van der Waals surface area contributed by atoms with Gasteiger partial charge in [-0.05, 0) is 36.5 Å². The molecular weight excluding hydrogens is 334 g/mol. The van der Waals surface area contributed by atoms with Crippen molar-refractivity contribution >= 4 is 23.5 Å². The molecule has 5 nitrogen and oxygen atoms in total. The number of nitrogens with one attached hydrogen (secondary N) is 2. The van der Waals surface area contributed by atoms with Crippen molar-refractivity contribution in [3.05, 3.63) is 60.2 Å². The molecule has 0 aliphatic heterocycles. The number of thiocarbonyl (C=S) groups is 1. The Bertz CT molecular complexity index is 562. The fourth-order valence-corrected chi connectivity index (χ4v) is 1.65. The zero-order valence-electron chi connectivity index (χ0n) is 11.2. The van der Waals surface area contributed by atoms with Crippen molar-refractivity contribution in [2.75, 3.05) is 6.54 Å². The Morgan fingerprint density at radius 2 is 1.90 bits per heavy atom. The zero-order valence-corrected chi connectivity index (χ0v) is 12.9. The molecule has 21 heavy (non-hydrogen) atoms. The van der Waals surface area contributed by atoms with Crippen LogP contribution in [0.2, 0.25) is 0 Å². The fraction of sp³-hybridized carbons (Fsp3) is 0.143. The molecule has 0 saturated carbocycles. The van der Waals surface area contributed by atoms with E-state index in [1.165, 1.54) is 0 Å². The first-order valence-electron chi connectivity index (χ1n) is 6.22. The molecule has 111 valence electrons. The average Bonchev–Trinajstić information content (AvgIpc) is 2.49. The topological polar surface area (TPSA) is 62.2 Å². The normalized spacial score (nSPS) is 9.90. The van der Waals surface area contributed by atoms with Crippen molar-refractivity contribution in [1.29, 1.82) is 0 Å². The molecule has 0 aromatic carbocycles. The molecule has 2 N–H and O–H groups in total. The number of aromatic nitrogens is 2. The van der Waals surface area contributed by atoms with Crippen molar-refractivity contribution in [2.45, 2.75) is 6.42 Å². The summed E-state index contributed by atoms with van der Waals surface area (Å²) in [6.45, 7) is 0.710. The van der Waals surface area contributed by atoms with Gasteiger partial charge in [0.2, 0.25) is 0 Å². The summed E-state index contributed by atoms with van der Waals surface area (Å²) < 4.78 is 0. The van der Waals surface area contributed by atoms with E-state index >= 15 is 0 Å². The van der Waals surface area contributed by atoms with Gasteiger partial charge in [-0.1, -0.05) is 12.1 Å². The molecule has 7 heteroatoms. The number of hydrogen-bond donors (Lipinski definition) is 2. The number of nitrogens with zero attached hydrogens (tertiary/aromatic N) is 3. The maximum atomic E-state index is 5.11. The molecule has 0 amide bonds. The van der Waals surface area contributed by atoms with Gasteiger partial charge in [0.15, 0.2) is 5.11 Å². The van der Waals surface area contributed by atoms with Crippen LogP contribution in [0, 0.1) is 0 Å². The Morgan fingerprint density at radius 3 is 2.57 bits per heavy atom. The number of hydrogen-bond acceptors (Lipinski definition) is 4. The number of hydrazone groups is 1. The van der Waals surface area contributed by atoms with Gasteiger partial charge in [-0.15, -0.1) is 0 Å². The molecule has 0 aliphatic rings. The van der Waals surface area contributed by atoms with Gasteiger partial charge in [-0.2, -0.15) is 5.10 Å². The van der Waals surface area contributed by atoms with E-state index in [-0.39, 0.29) is 17.1 Å². The minimum absolute atomic E-state index is 0. The fourth-order valence-electron chi connectivity index (χ4n) is 1.50. The first kappa shape index (κ1) is 17.2. The monoisotopic (exact) mass is 348 g/mol. The van der Waals surface area contributed by atoms with E-state index in [0.29, 0.717) is 11.7 Å². The minimum atomic E-state index is 0. The van der Waals surface area contributed by atoms with Gasteiger partial charge in [0, 0.05) is 31.1 Å². The van der Waals surface area contributed by atoms with Crippen LogP contribution < -0.4 is 10.7 Å². The van der Waals surface area contributed by atoms with E-state index in [9.17, 15) is 0 Å². The second-order valence-electron chi connectivity index (χ2n) is 3.95. The van der Waals surface area contributed by atoms with Gasteiger partial charge in [-0.3, -0.25) is 15.4 Å². The van der Waals surface area contributed by atoms with Crippen molar-refractivity contribution < 1.29 is 17.1 Å². The van der Waals surface area contributed by atoms with Crippen molar-refractivity contribution in [2.24, 2.45) is 5.10 Å².